The first kappa shape index (κ1) is 25.9. The Labute approximate surface area is 201 Å². The minimum Gasteiger partial charge on any atom is -0.342 e. The maximum atomic E-state index is 13.1. The molecule has 1 amide bonds. The molecule has 1 aromatic heterocycles. The van der Waals surface area contributed by atoms with Crippen molar-refractivity contribution in [3.63, 3.8) is 0 Å². The molecule has 2 aliphatic rings. The molecular formula is C27H46N4O2. The summed E-state index contributed by atoms with van der Waals surface area (Å²) < 4.78 is 2.09. The van der Waals surface area contributed by atoms with E-state index in [0.29, 0.717) is 35.9 Å². The Morgan fingerprint density at radius 3 is 2.30 bits per heavy atom. The molecule has 0 saturated carbocycles. The molecular weight excluding hydrogens is 412 g/mol. The second kappa shape index (κ2) is 12.7. The van der Waals surface area contributed by atoms with Crippen LogP contribution >= 0.6 is 0 Å². The van der Waals surface area contributed by atoms with Gasteiger partial charge >= 0.3 is 0 Å². The van der Waals surface area contributed by atoms with Crippen LogP contribution in [0.5, 0.6) is 0 Å². The number of amides is 1. The van der Waals surface area contributed by atoms with E-state index in [2.05, 4.69) is 53.5 Å². The number of carbonyl (C=O) groups is 2. The fraction of sp³-hybridized carbons (Fsp3) is 0.815. The highest BCUT2D eigenvalue weighted by molar-refractivity contribution is 5.79. The van der Waals surface area contributed by atoms with E-state index in [4.69, 9.17) is 0 Å². The lowest BCUT2D eigenvalue weighted by atomic mass is 9.92. The Morgan fingerprint density at radius 1 is 1.00 bits per heavy atom. The molecule has 33 heavy (non-hydrogen) atoms. The smallest absolute Gasteiger partial charge is 0.225 e. The van der Waals surface area contributed by atoms with Crippen LogP contribution in [0, 0.1) is 17.8 Å². The van der Waals surface area contributed by atoms with Gasteiger partial charge < -0.3 is 9.80 Å². The first-order valence-corrected chi connectivity index (χ1v) is 13.4. The fourth-order valence-corrected chi connectivity index (χ4v) is 5.25. The first-order chi connectivity index (χ1) is 15.8. The highest BCUT2D eigenvalue weighted by atomic mass is 16.2. The maximum Gasteiger partial charge on any atom is 0.225 e. The number of hydrogen-bond donors (Lipinski definition) is 0. The molecule has 0 bridgehead atoms. The summed E-state index contributed by atoms with van der Waals surface area (Å²) in [7, 11) is 0. The van der Waals surface area contributed by atoms with Crippen LogP contribution in [0.1, 0.15) is 90.5 Å². The van der Waals surface area contributed by atoms with Crippen molar-refractivity contribution in [1.82, 2.24) is 19.6 Å². The third-order valence-electron chi connectivity index (χ3n) is 7.44. The van der Waals surface area contributed by atoms with Crippen molar-refractivity contribution in [3.05, 3.63) is 18.0 Å². The summed E-state index contributed by atoms with van der Waals surface area (Å²) in [5.41, 5.74) is 1.30. The van der Waals surface area contributed by atoms with E-state index in [-0.39, 0.29) is 5.92 Å². The zero-order valence-corrected chi connectivity index (χ0v) is 21.5. The highest BCUT2D eigenvalue weighted by Gasteiger charge is 2.31. The van der Waals surface area contributed by atoms with Gasteiger partial charge in [0.15, 0.2) is 0 Å². The van der Waals surface area contributed by atoms with Crippen LogP contribution in [0.2, 0.25) is 0 Å². The second-order valence-electron chi connectivity index (χ2n) is 11.1. The Balaban J connectivity index is 1.30. The number of hydrogen-bond acceptors (Lipinski definition) is 4. The van der Waals surface area contributed by atoms with Crippen LogP contribution in [-0.4, -0.2) is 64.0 Å². The number of rotatable bonds is 11. The van der Waals surface area contributed by atoms with Crippen LogP contribution in [0.3, 0.4) is 0 Å². The zero-order valence-electron chi connectivity index (χ0n) is 21.5. The van der Waals surface area contributed by atoms with E-state index in [0.717, 1.165) is 84.2 Å². The number of aromatic nitrogens is 2. The van der Waals surface area contributed by atoms with Crippen LogP contribution in [-0.2, 0) is 16.1 Å². The molecule has 2 saturated heterocycles. The minimum atomic E-state index is 0.199. The summed E-state index contributed by atoms with van der Waals surface area (Å²) in [6.45, 7) is 14.5. The van der Waals surface area contributed by atoms with E-state index in [1.807, 2.05) is 6.20 Å². The average Bonchev–Trinajstić information content (AvgIpc) is 3.26. The number of unbranched alkanes of at least 4 members (excludes halogenated alkanes) is 1. The summed E-state index contributed by atoms with van der Waals surface area (Å²) in [5.74, 6) is 2.59. The summed E-state index contributed by atoms with van der Waals surface area (Å²) in [6, 6.07) is 0. The van der Waals surface area contributed by atoms with E-state index in [1.165, 1.54) is 5.56 Å². The molecule has 0 aromatic carbocycles. The van der Waals surface area contributed by atoms with Gasteiger partial charge in [-0.2, -0.15) is 5.10 Å². The van der Waals surface area contributed by atoms with Crippen molar-refractivity contribution in [2.24, 2.45) is 17.8 Å². The molecule has 6 nitrogen and oxygen atoms in total. The number of piperidine rings is 2. The lowest BCUT2D eigenvalue weighted by Gasteiger charge is -2.37. The van der Waals surface area contributed by atoms with E-state index in [1.54, 1.807) is 0 Å². The molecule has 1 aromatic rings. The first-order valence-electron chi connectivity index (χ1n) is 13.4. The largest absolute Gasteiger partial charge is 0.342 e. The van der Waals surface area contributed by atoms with Gasteiger partial charge in [-0.15, -0.1) is 0 Å². The topological polar surface area (TPSA) is 58.4 Å². The number of carbonyl (C=O) groups excluding carboxylic acids is 2. The van der Waals surface area contributed by atoms with Gasteiger partial charge in [0.2, 0.25) is 5.91 Å². The SMILES string of the molecule is CC(C)CC(=O)CCCCN1CCC(C(=O)N2CCC(Cn3cc(C(C)C)cn3)CC2)CC1. The third-order valence-corrected chi connectivity index (χ3v) is 7.44. The predicted molar refractivity (Wildman–Crippen MR) is 133 cm³/mol. The molecule has 0 unspecified atom stereocenters. The average molecular weight is 459 g/mol. The Morgan fingerprint density at radius 2 is 1.70 bits per heavy atom. The van der Waals surface area contributed by atoms with Gasteiger partial charge in [0.1, 0.15) is 5.78 Å². The monoisotopic (exact) mass is 458 g/mol. The molecule has 3 rings (SSSR count). The number of ketones is 1. The zero-order chi connectivity index (χ0) is 23.8. The van der Waals surface area contributed by atoms with E-state index >= 15 is 0 Å². The summed E-state index contributed by atoms with van der Waals surface area (Å²) in [5, 5.41) is 4.53. The highest BCUT2D eigenvalue weighted by Crippen LogP contribution is 2.25. The maximum absolute atomic E-state index is 13.1. The lowest BCUT2D eigenvalue weighted by Crippen LogP contribution is -2.46. The Kier molecular flexibility index (Phi) is 9.96. The minimum absolute atomic E-state index is 0.199. The van der Waals surface area contributed by atoms with Crippen molar-refractivity contribution in [3.8, 4) is 0 Å². The van der Waals surface area contributed by atoms with Gasteiger partial charge in [0.25, 0.3) is 0 Å². The Hall–Kier alpha value is -1.69. The van der Waals surface area contributed by atoms with Gasteiger partial charge in [0.05, 0.1) is 6.20 Å². The van der Waals surface area contributed by atoms with Gasteiger partial charge in [-0.3, -0.25) is 14.3 Å². The molecule has 3 heterocycles. The van der Waals surface area contributed by atoms with Crippen molar-refractivity contribution in [2.75, 3.05) is 32.7 Å². The van der Waals surface area contributed by atoms with Gasteiger partial charge in [-0.25, -0.2) is 0 Å². The van der Waals surface area contributed by atoms with Crippen LogP contribution in [0.4, 0.5) is 0 Å². The summed E-state index contributed by atoms with van der Waals surface area (Å²) in [6.07, 6.45) is 11.8. The standard InChI is InChI=1S/C27H46N4O2/c1-21(2)17-26(32)7-5-6-12-29-13-10-24(11-14-29)27(33)30-15-8-23(9-16-30)19-31-20-25(18-28-31)22(3)4/h18,20-24H,5-17,19H2,1-4H3. The molecule has 2 fully saturated rings. The predicted octanol–water partition coefficient (Wildman–Crippen LogP) is 4.74. The summed E-state index contributed by atoms with van der Waals surface area (Å²) in [4.78, 5) is 29.5. The number of Topliss-reactive ketones (excluding diaryl/α,β-unsaturated/α-hetero) is 1. The molecule has 0 N–H and O–H groups in total. The lowest BCUT2D eigenvalue weighted by molar-refractivity contribution is -0.138. The van der Waals surface area contributed by atoms with Gasteiger partial charge in [-0.05, 0) is 81.5 Å². The van der Waals surface area contributed by atoms with Crippen molar-refractivity contribution in [1.29, 1.82) is 0 Å². The van der Waals surface area contributed by atoms with E-state index < -0.39 is 0 Å². The molecule has 6 heteroatoms. The van der Waals surface area contributed by atoms with Crippen LogP contribution < -0.4 is 0 Å². The number of nitrogens with zero attached hydrogens (tertiary/aromatic N) is 4. The van der Waals surface area contributed by atoms with Crippen molar-refractivity contribution >= 4 is 11.7 Å². The molecule has 0 spiro atoms. The molecule has 0 aliphatic carbocycles. The molecule has 2 aliphatic heterocycles. The second-order valence-corrected chi connectivity index (χ2v) is 11.1. The molecule has 186 valence electrons. The van der Waals surface area contributed by atoms with E-state index in [9.17, 15) is 9.59 Å². The van der Waals surface area contributed by atoms with Crippen molar-refractivity contribution in [2.45, 2.75) is 91.5 Å². The van der Waals surface area contributed by atoms with Crippen LogP contribution in [0.25, 0.3) is 0 Å². The Bertz CT molecular complexity index is 741. The number of likely N-dealkylation sites (tertiary alicyclic amines) is 2. The van der Waals surface area contributed by atoms with Gasteiger partial charge in [-0.1, -0.05) is 27.7 Å². The van der Waals surface area contributed by atoms with Crippen LogP contribution in [0.15, 0.2) is 12.4 Å². The molecule has 0 atom stereocenters. The normalized spacial score (nSPS) is 19.0. The fourth-order valence-electron chi connectivity index (χ4n) is 5.25. The summed E-state index contributed by atoms with van der Waals surface area (Å²) >= 11 is 0. The third kappa shape index (κ3) is 8.24. The quantitative estimate of drug-likeness (QED) is 0.449. The van der Waals surface area contributed by atoms with Crippen molar-refractivity contribution < 1.29 is 9.59 Å². The molecule has 0 radical (unpaired) electrons. The van der Waals surface area contributed by atoms with Gasteiger partial charge in [0, 0.05) is 44.6 Å².